The lowest BCUT2D eigenvalue weighted by Gasteiger charge is -2.23. The summed E-state index contributed by atoms with van der Waals surface area (Å²) in [4.78, 5) is 25.2. The van der Waals surface area contributed by atoms with Gasteiger partial charge in [-0.2, -0.15) is 0 Å². The first-order chi connectivity index (χ1) is 9.00. The number of aliphatic carboxylic acids is 1. The van der Waals surface area contributed by atoms with Crippen LogP contribution in [-0.4, -0.2) is 46.6 Å². The molecule has 0 aliphatic carbocycles. The van der Waals surface area contributed by atoms with E-state index in [2.05, 4.69) is 19.2 Å². The molecule has 2 heterocycles. The van der Waals surface area contributed by atoms with Crippen molar-refractivity contribution in [2.24, 2.45) is 5.92 Å². The molecule has 2 aliphatic heterocycles. The van der Waals surface area contributed by atoms with E-state index in [1.54, 1.807) is 0 Å². The molecule has 5 heteroatoms. The molecule has 2 fully saturated rings. The maximum absolute atomic E-state index is 12.2. The third-order valence-electron chi connectivity index (χ3n) is 4.26. The van der Waals surface area contributed by atoms with Crippen molar-refractivity contribution in [3.05, 3.63) is 0 Å². The quantitative estimate of drug-likeness (QED) is 0.711. The van der Waals surface area contributed by atoms with Gasteiger partial charge in [0.05, 0.1) is 5.92 Å². The van der Waals surface area contributed by atoms with Crippen LogP contribution in [0.25, 0.3) is 0 Å². The number of carboxylic acid groups (broad SMARTS) is 1. The normalized spacial score (nSPS) is 29.2. The number of carboxylic acids is 1. The van der Waals surface area contributed by atoms with Crippen LogP contribution in [0.1, 0.15) is 46.0 Å². The fourth-order valence-corrected chi connectivity index (χ4v) is 3.40. The number of hydrogen-bond donors (Lipinski definition) is 2. The Kier molecular flexibility index (Phi) is 4.45. The molecule has 0 aromatic rings. The van der Waals surface area contributed by atoms with Gasteiger partial charge < -0.3 is 15.3 Å². The zero-order chi connectivity index (χ0) is 14.0. The Morgan fingerprint density at radius 2 is 2.11 bits per heavy atom. The topological polar surface area (TPSA) is 69.6 Å². The van der Waals surface area contributed by atoms with E-state index >= 15 is 0 Å². The van der Waals surface area contributed by atoms with Gasteiger partial charge >= 0.3 is 5.97 Å². The van der Waals surface area contributed by atoms with Gasteiger partial charge in [0.2, 0.25) is 5.91 Å². The Morgan fingerprint density at radius 3 is 2.68 bits per heavy atom. The van der Waals surface area contributed by atoms with Gasteiger partial charge in [0.1, 0.15) is 0 Å². The summed E-state index contributed by atoms with van der Waals surface area (Å²) < 4.78 is 0. The molecule has 1 amide bonds. The van der Waals surface area contributed by atoms with E-state index in [0.717, 1.165) is 25.8 Å². The molecule has 0 aromatic heterocycles. The van der Waals surface area contributed by atoms with Crippen molar-refractivity contribution < 1.29 is 14.7 Å². The molecule has 0 aromatic carbocycles. The van der Waals surface area contributed by atoms with Crippen LogP contribution in [0, 0.1) is 5.92 Å². The van der Waals surface area contributed by atoms with E-state index in [0.29, 0.717) is 18.9 Å². The number of carbonyl (C=O) groups excluding carboxylic acids is 1. The van der Waals surface area contributed by atoms with Gasteiger partial charge in [-0.1, -0.05) is 13.8 Å². The number of rotatable bonds is 6. The van der Waals surface area contributed by atoms with E-state index in [1.807, 2.05) is 4.90 Å². The Labute approximate surface area is 114 Å². The number of hydrogen-bond acceptors (Lipinski definition) is 3. The van der Waals surface area contributed by atoms with Gasteiger partial charge in [0.25, 0.3) is 0 Å². The highest BCUT2D eigenvalue weighted by molar-refractivity contribution is 5.80. The van der Waals surface area contributed by atoms with Crippen LogP contribution in [-0.2, 0) is 9.59 Å². The summed E-state index contributed by atoms with van der Waals surface area (Å²) in [5.41, 5.74) is 0. The highest BCUT2D eigenvalue weighted by Crippen LogP contribution is 2.42. The van der Waals surface area contributed by atoms with Crippen molar-refractivity contribution >= 4 is 11.9 Å². The molecule has 3 unspecified atom stereocenters. The molecule has 0 saturated carbocycles. The van der Waals surface area contributed by atoms with Crippen molar-refractivity contribution in [2.75, 3.05) is 6.54 Å². The summed E-state index contributed by atoms with van der Waals surface area (Å²) in [5.74, 6) is -0.940. The number of nitrogens with zero attached hydrogens (tertiary/aromatic N) is 1. The van der Waals surface area contributed by atoms with E-state index in [1.165, 1.54) is 0 Å². The Bertz CT molecular complexity index is 357. The lowest BCUT2D eigenvalue weighted by atomic mass is 9.89. The largest absolute Gasteiger partial charge is 0.481 e. The van der Waals surface area contributed by atoms with Crippen LogP contribution in [0.3, 0.4) is 0 Å². The Morgan fingerprint density at radius 1 is 1.37 bits per heavy atom. The molecular formula is C14H24N2O3. The highest BCUT2D eigenvalue weighted by Gasteiger charge is 2.50. The van der Waals surface area contributed by atoms with Gasteiger partial charge in [-0.15, -0.1) is 0 Å². The molecule has 0 spiro atoms. The first kappa shape index (κ1) is 14.3. The monoisotopic (exact) mass is 268 g/mol. The average molecular weight is 268 g/mol. The Balaban J connectivity index is 1.82. The molecule has 5 nitrogen and oxygen atoms in total. The van der Waals surface area contributed by atoms with Gasteiger partial charge in [-0.25, -0.2) is 0 Å². The molecule has 0 radical (unpaired) electrons. The number of fused-ring (bicyclic) bond motifs is 2. The van der Waals surface area contributed by atoms with E-state index in [-0.39, 0.29) is 23.9 Å². The number of amides is 1. The molecule has 19 heavy (non-hydrogen) atoms. The van der Waals surface area contributed by atoms with Gasteiger partial charge in [0, 0.05) is 24.5 Å². The maximum atomic E-state index is 12.2. The maximum Gasteiger partial charge on any atom is 0.308 e. The van der Waals surface area contributed by atoms with Crippen LogP contribution < -0.4 is 5.32 Å². The summed E-state index contributed by atoms with van der Waals surface area (Å²) in [6.07, 6.45) is 3.84. The zero-order valence-corrected chi connectivity index (χ0v) is 11.8. The van der Waals surface area contributed by atoms with Crippen LogP contribution in [0.2, 0.25) is 0 Å². The molecule has 2 N–H and O–H groups in total. The molecular weight excluding hydrogens is 244 g/mol. The molecule has 3 atom stereocenters. The van der Waals surface area contributed by atoms with Crippen molar-refractivity contribution in [3.8, 4) is 0 Å². The van der Waals surface area contributed by atoms with Crippen molar-refractivity contribution in [1.82, 2.24) is 10.2 Å². The SMILES string of the molecule is CC(C)NCCCC(=O)N1C2CCC1C(C(=O)O)C2. The molecule has 2 saturated heterocycles. The van der Waals surface area contributed by atoms with Crippen LogP contribution in [0.4, 0.5) is 0 Å². The minimum absolute atomic E-state index is 0.0481. The Hall–Kier alpha value is -1.10. The van der Waals surface area contributed by atoms with Crippen LogP contribution in [0.15, 0.2) is 0 Å². The minimum Gasteiger partial charge on any atom is -0.481 e. The molecule has 2 bridgehead atoms. The van der Waals surface area contributed by atoms with Crippen molar-refractivity contribution in [2.45, 2.75) is 64.1 Å². The lowest BCUT2D eigenvalue weighted by Crippen LogP contribution is -2.38. The minimum atomic E-state index is -0.744. The smallest absolute Gasteiger partial charge is 0.308 e. The summed E-state index contributed by atoms with van der Waals surface area (Å²) in [6, 6.07) is 0.569. The predicted molar refractivity (Wildman–Crippen MR) is 71.8 cm³/mol. The number of nitrogens with one attached hydrogen (secondary N) is 1. The second-order valence-electron chi connectivity index (χ2n) is 5.99. The zero-order valence-electron chi connectivity index (χ0n) is 11.8. The number of carbonyl (C=O) groups is 2. The summed E-state index contributed by atoms with van der Waals surface area (Å²) >= 11 is 0. The van der Waals surface area contributed by atoms with Crippen LogP contribution in [0.5, 0.6) is 0 Å². The van der Waals surface area contributed by atoms with E-state index in [4.69, 9.17) is 5.11 Å². The first-order valence-corrected chi connectivity index (χ1v) is 7.28. The summed E-state index contributed by atoms with van der Waals surface area (Å²) in [6.45, 7) is 5.01. The molecule has 2 aliphatic rings. The standard InChI is InChI=1S/C14H24N2O3/c1-9(2)15-7-3-4-13(17)16-10-5-6-12(16)11(8-10)14(18)19/h9-12,15H,3-8H2,1-2H3,(H,18,19). The predicted octanol–water partition coefficient (Wildman–Crippen LogP) is 1.23. The molecule has 2 rings (SSSR count). The van der Waals surface area contributed by atoms with Gasteiger partial charge in [0.15, 0.2) is 0 Å². The highest BCUT2D eigenvalue weighted by atomic mass is 16.4. The summed E-state index contributed by atoms with van der Waals surface area (Å²) in [5, 5.41) is 12.5. The van der Waals surface area contributed by atoms with E-state index in [9.17, 15) is 9.59 Å². The van der Waals surface area contributed by atoms with E-state index < -0.39 is 5.97 Å². The van der Waals surface area contributed by atoms with Gasteiger partial charge in [-0.3, -0.25) is 9.59 Å². The second-order valence-corrected chi connectivity index (χ2v) is 5.99. The second kappa shape index (κ2) is 5.90. The fraction of sp³-hybridized carbons (Fsp3) is 0.857. The van der Waals surface area contributed by atoms with Gasteiger partial charge in [-0.05, 0) is 32.2 Å². The van der Waals surface area contributed by atoms with Crippen molar-refractivity contribution in [1.29, 1.82) is 0 Å². The fourth-order valence-electron chi connectivity index (χ4n) is 3.40. The average Bonchev–Trinajstić information content (AvgIpc) is 2.91. The third-order valence-corrected chi connectivity index (χ3v) is 4.26. The summed E-state index contributed by atoms with van der Waals surface area (Å²) in [7, 11) is 0. The molecule has 108 valence electrons. The lowest BCUT2D eigenvalue weighted by molar-refractivity contribution is -0.143. The third kappa shape index (κ3) is 3.08. The first-order valence-electron chi connectivity index (χ1n) is 7.28. The van der Waals surface area contributed by atoms with Crippen molar-refractivity contribution in [3.63, 3.8) is 0 Å². The van der Waals surface area contributed by atoms with Crippen LogP contribution >= 0.6 is 0 Å².